The van der Waals surface area contributed by atoms with Crippen molar-refractivity contribution in [2.45, 2.75) is 24.8 Å². The molecule has 3 rings (SSSR count). The van der Waals surface area contributed by atoms with Crippen LogP contribution in [-0.2, 0) is 14.8 Å². The van der Waals surface area contributed by atoms with Crippen LogP contribution in [0, 0.1) is 13.8 Å². The second kappa shape index (κ2) is 9.24. The van der Waals surface area contributed by atoms with Crippen LogP contribution >= 0.6 is 0 Å². The molecule has 3 aromatic rings. The average molecular weight is 423 g/mol. The Labute approximate surface area is 178 Å². The highest BCUT2D eigenvalue weighted by molar-refractivity contribution is 7.89. The molecule has 0 aliphatic heterocycles. The van der Waals surface area contributed by atoms with Crippen LogP contribution in [0.2, 0.25) is 0 Å². The fourth-order valence-electron chi connectivity index (χ4n) is 3.24. The monoisotopic (exact) mass is 422 g/mol. The molecule has 0 saturated heterocycles. The largest absolute Gasteiger partial charge is 0.344 e. The molecule has 0 aromatic heterocycles. The van der Waals surface area contributed by atoms with Crippen molar-refractivity contribution in [3.63, 3.8) is 0 Å². The number of benzene rings is 3. The molecule has 0 saturated carbocycles. The van der Waals surface area contributed by atoms with E-state index in [0.717, 1.165) is 26.6 Å². The molecular formula is C24H26N2O3S. The Bertz CT molecular complexity index is 1110. The lowest BCUT2D eigenvalue weighted by atomic mass is 9.97. The first-order valence-corrected chi connectivity index (χ1v) is 11.2. The molecule has 0 radical (unpaired) electrons. The Hall–Kier alpha value is -2.96. The molecule has 0 heterocycles. The zero-order chi connectivity index (χ0) is 21.7. The summed E-state index contributed by atoms with van der Waals surface area (Å²) in [6.45, 7) is 3.61. The van der Waals surface area contributed by atoms with Crippen molar-refractivity contribution in [2.24, 2.45) is 0 Å². The Morgan fingerprint density at radius 3 is 2.13 bits per heavy atom. The van der Waals surface area contributed by atoms with Gasteiger partial charge >= 0.3 is 0 Å². The molecule has 3 aromatic carbocycles. The number of carbonyl (C=O) groups excluding carboxylic acids is 1. The number of nitrogens with one attached hydrogen (secondary N) is 1. The lowest BCUT2D eigenvalue weighted by Crippen LogP contribution is -2.40. The summed E-state index contributed by atoms with van der Waals surface area (Å²) in [5, 5.41) is 3.00. The normalized spacial score (nSPS) is 12.5. The van der Waals surface area contributed by atoms with E-state index in [2.05, 4.69) is 5.32 Å². The van der Waals surface area contributed by atoms with Gasteiger partial charge in [0.25, 0.3) is 0 Å². The summed E-state index contributed by atoms with van der Waals surface area (Å²) >= 11 is 0. The van der Waals surface area contributed by atoms with E-state index >= 15 is 0 Å². The van der Waals surface area contributed by atoms with E-state index in [4.69, 9.17) is 0 Å². The topological polar surface area (TPSA) is 66.5 Å². The predicted molar refractivity (Wildman–Crippen MR) is 119 cm³/mol. The van der Waals surface area contributed by atoms with E-state index in [1.165, 1.54) is 7.05 Å². The molecule has 30 heavy (non-hydrogen) atoms. The minimum absolute atomic E-state index is 0.168. The van der Waals surface area contributed by atoms with Crippen LogP contribution in [0.25, 0.3) is 0 Å². The molecule has 5 nitrogen and oxygen atoms in total. The predicted octanol–water partition coefficient (Wildman–Crippen LogP) is 3.83. The third-order valence-corrected chi connectivity index (χ3v) is 6.73. The van der Waals surface area contributed by atoms with Crippen molar-refractivity contribution in [1.82, 2.24) is 9.62 Å². The first-order chi connectivity index (χ1) is 14.3. The molecule has 156 valence electrons. The number of amides is 1. The Kier molecular flexibility index (Phi) is 6.70. The van der Waals surface area contributed by atoms with E-state index in [1.807, 2.05) is 68.4 Å². The van der Waals surface area contributed by atoms with Crippen molar-refractivity contribution >= 4 is 15.9 Å². The van der Waals surface area contributed by atoms with Crippen LogP contribution in [0.15, 0.2) is 83.8 Å². The van der Waals surface area contributed by atoms with Gasteiger partial charge in [0.2, 0.25) is 15.9 Å². The summed E-state index contributed by atoms with van der Waals surface area (Å²) in [6, 6.07) is 23.8. The molecule has 1 N–H and O–H groups in total. The third-order valence-electron chi connectivity index (χ3n) is 4.91. The number of rotatable bonds is 7. The van der Waals surface area contributed by atoms with Crippen LogP contribution < -0.4 is 5.32 Å². The second-order valence-corrected chi connectivity index (χ2v) is 9.44. The van der Waals surface area contributed by atoms with Crippen LogP contribution in [0.4, 0.5) is 0 Å². The average Bonchev–Trinajstić information content (AvgIpc) is 2.73. The maximum absolute atomic E-state index is 12.8. The van der Waals surface area contributed by atoms with Crippen molar-refractivity contribution in [1.29, 1.82) is 0 Å². The van der Waals surface area contributed by atoms with Crippen LogP contribution in [-0.4, -0.2) is 32.2 Å². The molecule has 6 heteroatoms. The second-order valence-electron chi connectivity index (χ2n) is 7.40. The highest BCUT2D eigenvalue weighted by Gasteiger charge is 2.24. The number of sulfonamides is 1. The lowest BCUT2D eigenvalue weighted by molar-refractivity contribution is -0.121. The summed E-state index contributed by atoms with van der Waals surface area (Å²) in [7, 11) is -2.33. The molecule has 1 amide bonds. The maximum atomic E-state index is 12.8. The van der Waals surface area contributed by atoms with Gasteiger partial charge in [-0.2, -0.15) is 4.31 Å². The van der Waals surface area contributed by atoms with Gasteiger partial charge in [0.1, 0.15) is 0 Å². The van der Waals surface area contributed by atoms with Crippen molar-refractivity contribution in [3.8, 4) is 0 Å². The summed E-state index contributed by atoms with van der Waals surface area (Å²) in [4.78, 5) is 13.0. The smallest absolute Gasteiger partial charge is 0.243 e. The zero-order valence-corrected chi connectivity index (χ0v) is 18.2. The van der Waals surface area contributed by atoms with Crippen molar-refractivity contribution in [3.05, 3.63) is 101 Å². The molecule has 0 fully saturated rings. The van der Waals surface area contributed by atoms with E-state index < -0.39 is 10.0 Å². The highest BCUT2D eigenvalue weighted by Crippen LogP contribution is 2.23. The van der Waals surface area contributed by atoms with Gasteiger partial charge in [0.15, 0.2) is 0 Å². The number of nitrogens with zero attached hydrogens (tertiary/aromatic N) is 1. The van der Waals surface area contributed by atoms with E-state index in [9.17, 15) is 13.2 Å². The highest BCUT2D eigenvalue weighted by atomic mass is 32.2. The molecule has 0 spiro atoms. The fraction of sp³-hybridized carbons (Fsp3) is 0.208. The molecule has 0 unspecified atom stereocenters. The first kappa shape index (κ1) is 21.7. The molecular weight excluding hydrogens is 396 g/mol. The third kappa shape index (κ3) is 5.14. The SMILES string of the molecule is Cc1ccc(S(=O)(=O)N(C)CC(=O)N[C@@H](c2ccccc2)c2cccc(C)c2)cc1. The van der Waals surface area contributed by atoms with E-state index in [-0.39, 0.29) is 23.4 Å². The van der Waals surface area contributed by atoms with Gasteiger partial charge in [-0.25, -0.2) is 8.42 Å². The van der Waals surface area contributed by atoms with Gasteiger partial charge in [-0.15, -0.1) is 0 Å². The lowest BCUT2D eigenvalue weighted by Gasteiger charge is -2.22. The van der Waals surface area contributed by atoms with E-state index in [0.29, 0.717) is 0 Å². The Morgan fingerprint density at radius 1 is 0.867 bits per heavy atom. The minimum Gasteiger partial charge on any atom is -0.344 e. The summed E-state index contributed by atoms with van der Waals surface area (Å²) < 4.78 is 26.7. The van der Waals surface area contributed by atoms with Gasteiger partial charge in [-0.1, -0.05) is 77.9 Å². The minimum atomic E-state index is -3.75. The van der Waals surface area contributed by atoms with Crippen molar-refractivity contribution in [2.75, 3.05) is 13.6 Å². The first-order valence-electron chi connectivity index (χ1n) is 9.71. The van der Waals surface area contributed by atoms with Gasteiger partial charge < -0.3 is 5.32 Å². The standard InChI is InChI=1S/C24H26N2O3S/c1-18-12-14-22(15-13-18)30(28,29)26(3)17-23(27)25-24(20-9-5-4-6-10-20)21-11-7-8-19(2)16-21/h4-16,24H,17H2,1-3H3,(H,25,27)/t24-/m0/s1. The van der Waals surface area contributed by atoms with Gasteiger partial charge in [-0.05, 0) is 37.1 Å². The van der Waals surface area contributed by atoms with Gasteiger partial charge in [0, 0.05) is 7.05 Å². The van der Waals surface area contributed by atoms with E-state index in [1.54, 1.807) is 24.3 Å². The van der Waals surface area contributed by atoms with Crippen LogP contribution in [0.3, 0.4) is 0 Å². The Morgan fingerprint density at radius 2 is 1.50 bits per heavy atom. The number of hydrogen-bond acceptors (Lipinski definition) is 3. The van der Waals surface area contributed by atoms with Gasteiger partial charge in [0.05, 0.1) is 17.5 Å². The van der Waals surface area contributed by atoms with Crippen LogP contribution in [0.5, 0.6) is 0 Å². The summed E-state index contributed by atoms with van der Waals surface area (Å²) in [5.74, 6) is -0.372. The zero-order valence-electron chi connectivity index (χ0n) is 17.4. The Balaban J connectivity index is 1.80. The van der Waals surface area contributed by atoms with Crippen molar-refractivity contribution < 1.29 is 13.2 Å². The molecule has 0 aliphatic rings. The van der Waals surface area contributed by atoms with Gasteiger partial charge in [-0.3, -0.25) is 4.79 Å². The summed E-state index contributed by atoms with van der Waals surface area (Å²) in [6.07, 6.45) is 0. The molecule has 0 bridgehead atoms. The number of likely N-dealkylation sites (N-methyl/N-ethyl adjacent to an activating group) is 1. The fourth-order valence-corrected chi connectivity index (χ4v) is 4.37. The number of carbonyl (C=O) groups is 1. The molecule has 1 atom stereocenters. The number of aryl methyl sites for hydroxylation is 2. The maximum Gasteiger partial charge on any atom is 0.243 e. The quantitative estimate of drug-likeness (QED) is 0.629. The molecule has 0 aliphatic carbocycles. The number of hydrogen-bond donors (Lipinski definition) is 1. The summed E-state index contributed by atoms with van der Waals surface area (Å²) in [5.41, 5.74) is 3.93. The van der Waals surface area contributed by atoms with Crippen LogP contribution in [0.1, 0.15) is 28.3 Å².